The van der Waals surface area contributed by atoms with Gasteiger partial charge in [0, 0.05) is 33.4 Å². The minimum atomic E-state index is -0.304. The number of imidazole rings is 1. The molecule has 362 valence electrons. The van der Waals surface area contributed by atoms with E-state index in [0.29, 0.717) is 23.3 Å². The van der Waals surface area contributed by atoms with Crippen molar-refractivity contribution in [3.8, 4) is 28.2 Å². The average Bonchev–Trinajstić information content (AvgIpc) is 3.95. The number of fused-ring (bicyclic) bond motifs is 4. The Morgan fingerprint density at radius 3 is 1.92 bits per heavy atom. The van der Waals surface area contributed by atoms with Gasteiger partial charge in [-0.1, -0.05) is 183 Å². The zero-order valence-electron chi connectivity index (χ0n) is 42.6. The van der Waals surface area contributed by atoms with Gasteiger partial charge in [-0.3, -0.25) is 4.98 Å². The van der Waals surface area contributed by atoms with Crippen LogP contribution in [0, 0.1) is 12.1 Å². The van der Waals surface area contributed by atoms with E-state index in [2.05, 4.69) is 158 Å². The molecule has 9 nitrogen and oxygen atoms in total. The molecule has 0 spiro atoms. The third kappa shape index (κ3) is 10.4. The Bertz CT molecular complexity index is 3490. The molecule has 72 heavy (non-hydrogen) atoms. The number of guanidine groups is 1. The van der Waals surface area contributed by atoms with Crippen molar-refractivity contribution in [3.05, 3.63) is 211 Å². The summed E-state index contributed by atoms with van der Waals surface area (Å²) in [5.74, 6) is 2.40. The van der Waals surface area contributed by atoms with E-state index < -0.39 is 0 Å². The van der Waals surface area contributed by atoms with Crippen LogP contribution in [0.3, 0.4) is 0 Å². The van der Waals surface area contributed by atoms with Gasteiger partial charge in [0.15, 0.2) is 5.95 Å². The van der Waals surface area contributed by atoms with Gasteiger partial charge in [0.05, 0.1) is 22.4 Å². The fourth-order valence-corrected chi connectivity index (χ4v) is 8.42. The van der Waals surface area contributed by atoms with Crippen LogP contribution in [0.1, 0.15) is 86.4 Å². The predicted molar refractivity (Wildman–Crippen MR) is 294 cm³/mol. The van der Waals surface area contributed by atoms with Gasteiger partial charge in [-0.05, 0) is 59.5 Å². The van der Waals surface area contributed by atoms with Crippen molar-refractivity contribution in [3.63, 3.8) is 0 Å². The Hall–Kier alpha value is -7.52. The molecule has 10 heteroatoms. The number of hydrogen-bond acceptors (Lipinski definition) is 5. The first-order valence-corrected chi connectivity index (χ1v) is 24.1. The molecule has 0 aliphatic carbocycles. The number of allylic oxidation sites excluding steroid dienone is 1. The molecule has 3 aromatic heterocycles. The molecule has 0 aliphatic rings. The van der Waals surface area contributed by atoms with Crippen LogP contribution in [0.25, 0.3) is 66.6 Å². The molecule has 7 aromatic carbocycles. The molecule has 0 bridgehead atoms. The summed E-state index contributed by atoms with van der Waals surface area (Å²) in [5, 5.41) is 13.8. The van der Waals surface area contributed by atoms with Gasteiger partial charge >= 0.3 is 20.1 Å². The van der Waals surface area contributed by atoms with E-state index in [1.165, 1.54) is 16.7 Å². The van der Waals surface area contributed by atoms with Gasteiger partial charge in [-0.15, -0.1) is 23.9 Å². The van der Waals surface area contributed by atoms with Gasteiger partial charge in [0.2, 0.25) is 0 Å². The van der Waals surface area contributed by atoms with Crippen LogP contribution in [-0.4, -0.2) is 30.5 Å². The monoisotopic (exact) mass is 1120 g/mol. The number of para-hydroxylation sites is 5. The molecule has 0 radical (unpaired) electrons. The van der Waals surface area contributed by atoms with Gasteiger partial charge in [0.25, 0.3) is 0 Å². The normalized spacial score (nSPS) is 11.9. The summed E-state index contributed by atoms with van der Waals surface area (Å²) in [6.45, 7) is 21.1. The summed E-state index contributed by atoms with van der Waals surface area (Å²) in [7, 11) is 0. The first kappa shape index (κ1) is 50.9. The molecule has 0 amide bonds. The topological polar surface area (TPSA) is 98.4 Å². The van der Waals surface area contributed by atoms with Crippen molar-refractivity contribution in [2.75, 3.05) is 9.80 Å². The fourth-order valence-electron chi connectivity index (χ4n) is 8.42. The summed E-state index contributed by atoms with van der Waals surface area (Å²) in [5.41, 5.74) is 10.0. The van der Waals surface area contributed by atoms with E-state index in [0.717, 1.165) is 55.7 Å². The molecule has 10 aromatic rings. The van der Waals surface area contributed by atoms with Crippen LogP contribution in [0.5, 0.6) is 0 Å². The van der Waals surface area contributed by atoms with E-state index in [9.17, 15) is 5.41 Å². The van der Waals surface area contributed by atoms with E-state index >= 15 is 0 Å². The number of nitrogens with zero attached hydrogens (tertiary/aromatic N) is 8. The predicted octanol–water partition coefficient (Wildman–Crippen LogP) is 15.7. The fraction of sp³-hybridized carbons (Fsp3) is 0.210. The maximum Gasteiger partial charge on any atom is 3.00 e. The SMILES string of the molecule is C/C=C\N(C(=[N-])N(c1[c-]cccc1)c1nc(C(C)(C)C)nc(C(C)(C)C)n1)c1ccccc1.CC(C)(C)c1ccc(-n2c(-c3[c-]ccc4c3oc3ccccc34)nc3ccccc32)c(-c2ccccc2)c1.[Ir+3]. The number of furan rings is 1. The van der Waals surface area contributed by atoms with Crippen molar-refractivity contribution >= 4 is 56.3 Å². The van der Waals surface area contributed by atoms with Gasteiger partial charge in [-0.25, -0.2) is 15.0 Å². The standard InChI is InChI=1S/C35H27N2O.C27H32N6.Ir/c1-35(2,3)24-20-21-30(28(22-24)23-12-5-4-6-13-23)37-31-18-9-8-17-29(31)36-34(37)27-16-11-15-26-25-14-7-10-19-32(25)38-33(26)27;1-8-19-32(20-15-11-9-12-16-20)24(28)33(21-17-13-10-14-18-21)25-30-22(26(2,3)4)29-23(31-25)27(5,6)7;/h4-15,17-22H,1-3H3;8-17,19H,1-7H3;/q-1;-2;+3/b;19-8-;. The summed E-state index contributed by atoms with van der Waals surface area (Å²) in [6.07, 6.45) is 3.67. The van der Waals surface area contributed by atoms with E-state index in [1.807, 2.05) is 91.9 Å². The second-order valence-corrected chi connectivity index (χ2v) is 20.7. The van der Waals surface area contributed by atoms with Gasteiger partial charge in [0.1, 0.15) is 17.2 Å². The third-order valence-electron chi connectivity index (χ3n) is 12.2. The summed E-state index contributed by atoms with van der Waals surface area (Å²) >= 11 is 0. The smallest absolute Gasteiger partial charge is 0.501 e. The third-order valence-corrected chi connectivity index (χ3v) is 12.2. The molecule has 0 aliphatic heterocycles. The largest absolute Gasteiger partial charge is 3.00 e. The van der Waals surface area contributed by atoms with Crippen molar-refractivity contribution in [2.45, 2.75) is 85.5 Å². The molecule has 0 saturated heterocycles. The Balaban J connectivity index is 0.000000192. The van der Waals surface area contributed by atoms with E-state index in [1.54, 1.807) is 22.1 Å². The Morgan fingerprint density at radius 1 is 0.625 bits per heavy atom. The zero-order valence-corrected chi connectivity index (χ0v) is 45.0. The number of anilines is 3. The molecule has 0 unspecified atom stereocenters. The number of benzene rings is 7. The minimum Gasteiger partial charge on any atom is -0.501 e. The maximum absolute atomic E-state index is 11.6. The molecule has 10 rings (SSSR count). The van der Waals surface area contributed by atoms with Crippen molar-refractivity contribution < 1.29 is 24.5 Å². The number of rotatable bonds is 7. The average molecular weight is 1120 g/mol. The number of aromatic nitrogens is 5. The first-order valence-electron chi connectivity index (χ1n) is 24.1. The summed E-state index contributed by atoms with van der Waals surface area (Å²) in [6, 6.07) is 61.7. The van der Waals surface area contributed by atoms with Gasteiger partial charge < -0.3 is 24.2 Å². The van der Waals surface area contributed by atoms with Crippen LogP contribution >= 0.6 is 0 Å². The van der Waals surface area contributed by atoms with Crippen LogP contribution in [0.4, 0.5) is 17.3 Å². The van der Waals surface area contributed by atoms with E-state index in [-0.39, 0.29) is 42.3 Å². The molecule has 0 N–H and O–H groups in total. The van der Waals surface area contributed by atoms with Crippen LogP contribution in [0.2, 0.25) is 0 Å². The molecule has 0 saturated carbocycles. The number of hydrogen-bond donors (Lipinski definition) is 0. The Labute approximate surface area is 437 Å². The van der Waals surface area contributed by atoms with Crippen LogP contribution < -0.4 is 9.80 Å². The Morgan fingerprint density at radius 2 is 1.26 bits per heavy atom. The molecule has 3 heterocycles. The molecular weight excluding hydrogens is 1060 g/mol. The summed E-state index contributed by atoms with van der Waals surface area (Å²) < 4.78 is 8.69. The first-order chi connectivity index (χ1) is 34.0. The van der Waals surface area contributed by atoms with Crippen molar-refractivity contribution in [1.82, 2.24) is 24.5 Å². The molecule has 0 fully saturated rings. The van der Waals surface area contributed by atoms with Crippen LogP contribution in [-0.2, 0) is 36.4 Å². The maximum atomic E-state index is 11.6. The van der Waals surface area contributed by atoms with Crippen molar-refractivity contribution in [2.24, 2.45) is 0 Å². The van der Waals surface area contributed by atoms with Gasteiger partial charge in [-0.2, -0.15) is 30.3 Å². The zero-order chi connectivity index (χ0) is 50.1. The quantitative estimate of drug-likeness (QED) is 0.0890. The van der Waals surface area contributed by atoms with Crippen LogP contribution in [0.15, 0.2) is 180 Å². The minimum absolute atomic E-state index is 0. The molecular formula is C62H59IrN8O. The second-order valence-electron chi connectivity index (χ2n) is 20.7. The summed E-state index contributed by atoms with van der Waals surface area (Å²) in [4.78, 5) is 22.8. The molecule has 0 atom stereocenters. The Kier molecular flexibility index (Phi) is 14.6. The van der Waals surface area contributed by atoms with E-state index in [4.69, 9.17) is 24.4 Å². The second kappa shape index (κ2) is 20.7. The van der Waals surface area contributed by atoms with Crippen molar-refractivity contribution in [1.29, 1.82) is 0 Å².